The standard InChI is InChI=1S/C51H70N7O6PSi/c1-33(2)47(59)55-49-54-46-43(48(60)56-49)53-32-57(46)42-30-38(44(64-66(12,13)50(9,10)11)45(42)63-65(62-29-17-28-52)58(34(3)4)35(5)6)31-61-51(39-18-15-14-16-19-39,40-24-20-36(7)21-25-40)41-26-22-37(8)23-27-41/h14-16,18-27,32-35,38,42,44-45H,17,29-31H2,1-13H3,(H2,54,55,56,59,60)/t38-,42-,44-,45+,65?/m1/s1. The van der Waals surface area contributed by atoms with E-state index in [2.05, 4.69) is 174 Å². The molecule has 13 nitrogen and oxygen atoms in total. The summed E-state index contributed by atoms with van der Waals surface area (Å²) >= 11 is 0. The molecule has 2 heterocycles. The molecule has 0 spiro atoms. The third-order valence-corrected chi connectivity index (χ3v) is 19.6. The summed E-state index contributed by atoms with van der Waals surface area (Å²) in [5.41, 5.74) is 4.21. The number of aromatic amines is 1. The second kappa shape index (κ2) is 21.2. The first-order valence-corrected chi connectivity index (χ1v) is 27.3. The van der Waals surface area contributed by atoms with Crippen molar-refractivity contribution in [1.29, 1.82) is 5.26 Å². The van der Waals surface area contributed by atoms with Crippen molar-refractivity contribution in [3.8, 4) is 6.07 Å². The molecule has 2 aromatic heterocycles. The zero-order valence-corrected chi connectivity index (χ0v) is 43.0. The number of rotatable bonds is 19. The van der Waals surface area contributed by atoms with E-state index in [0.29, 0.717) is 12.1 Å². The number of nitrogens with one attached hydrogen (secondary N) is 2. The molecule has 15 heteroatoms. The number of hydrogen-bond acceptors (Lipinski definition) is 10. The van der Waals surface area contributed by atoms with Gasteiger partial charge in [-0.15, -0.1) is 0 Å². The van der Waals surface area contributed by atoms with E-state index in [1.165, 1.54) is 0 Å². The lowest BCUT2D eigenvalue weighted by Gasteiger charge is -2.43. The molecule has 0 bridgehead atoms. The number of aromatic nitrogens is 4. The molecule has 1 saturated carbocycles. The maximum atomic E-state index is 13.7. The SMILES string of the molecule is Cc1ccc(C(OC[C@H]2C[C@@H](n3cnc4c(=O)[nH]c(NC(=O)C(C)C)nc43)[C@H](OP(OCCC#N)N(C(C)C)C(C)C)[C@@H]2O[Si](C)(C)C(C)(C)C)(c2ccccc2)c2ccc(C)cc2)cc1. The summed E-state index contributed by atoms with van der Waals surface area (Å²) in [4.78, 5) is 38.7. The fourth-order valence-corrected chi connectivity index (χ4v) is 11.6. The molecule has 1 aliphatic rings. The van der Waals surface area contributed by atoms with E-state index in [9.17, 15) is 14.9 Å². The Morgan fingerprint density at radius 3 is 2.03 bits per heavy atom. The second-order valence-corrected chi connectivity index (χ2v) is 26.2. The predicted molar refractivity (Wildman–Crippen MR) is 266 cm³/mol. The lowest BCUT2D eigenvalue weighted by molar-refractivity contribution is -0.118. The Morgan fingerprint density at radius 2 is 1.50 bits per heavy atom. The number of amides is 1. The summed E-state index contributed by atoms with van der Waals surface area (Å²) < 4.78 is 33.5. The Balaban J connectivity index is 1.57. The number of carbonyl (C=O) groups excluding carboxylic acids is 1. The van der Waals surface area contributed by atoms with Gasteiger partial charge in [0.15, 0.2) is 19.5 Å². The number of carbonyl (C=O) groups is 1. The molecule has 5 aromatic rings. The zero-order valence-electron chi connectivity index (χ0n) is 41.1. The Bertz CT molecular complexity index is 2440. The molecule has 1 unspecified atom stereocenters. The number of ether oxygens (including phenoxy) is 1. The molecule has 2 N–H and O–H groups in total. The van der Waals surface area contributed by atoms with E-state index in [-0.39, 0.29) is 66.0 Å². The van der Waals surface area contributed by atoms with E-state index in [4.69, 9.17) is 23.2 Å². The lowest BCUT2D eigenvalue weighted by Crippen LogP contribution is -2.49. The molecule has 5 atom stereocenters. The van der Waals surface area contributed by atoms with Crippen LogP contribution in [0.2, 0.25) is 18.1 Å². The zero-order chi connectivity index (χ0) is 48.1. The second-order valence-electron chi connectivity index (χ2n) is 20.0. The van der Waals surface area contributed by atoms with Crippen molar-refractivity contribution in [2.75, 3.05) is 18.5 Å². The highest BCUT2D eigenvalue weighted by atomic mass is 31.2. The Kier molecular flexibility index (Phi) is 16.3. The van der Waals surface area contributed by atoms with E-state index >= 15 is 0 Å². The van der Waals surface area contributed by atoms with Crippen molar-refractivity contribution in [2.45, 2.75) is 143 Å². The summed E-state index contributed by atoms with van der Waals surface area (Å²) in [5, 5.41) is 12.2. The first-order chi connectivity index (χ1) is 31.2. The molecule has 0 aliphatic heterocycles. The van der Waals surface area contributed by atoms with E-state index in [0.717, 1.165) is 27.8 Å². The first-order valence-electron chi connectivity index (χ1n) is 23.2. The van der Waals surface area contributed by atoms with Crippen LogP contribution in [0.3, 0.4) is 0 Å². The maximum absolute atomic E-state index is 13.7. The average Bonchev–Trinajstić information content (AvgIpc) is 3.82. The number of nitriles is 1. The largest absolute Gasteiger partial charge is 0.411 e. The van der Waals surface area contributed by atoms with Crippen LogP contribution < -0.4 is 10.9 Å². The van der Waals surface area contributed by atoms with Gasteiger partial charge in [0, 0.05) is 23.9 Å². The van der Waals surface area contributed by atoms with Crippen LogP contribution in [0.15, 0.2) is 90.0 Å². The molecule has 354 valence electrons. The normalized spacial score (nSPS) is 18.7. The monoisotopic (exact) mass is 935 g/mol. The topological polar surface area (TPSA) is 157 Å². The quantitative estimate of drug-likeness (QED) is 0.0353. The number of hydrogen-bond donors (Lipinski definition) is 2. The highest BCUT2D eigenvalue weighted by Gasteiger charge is 2.53. The van der Waals surface area contributed by atoms with Gasteiger partial charge in [0.1, 0.15) is 11.7 Å². The molecular formula is C51H70N7O6PSi. The Hall–Kier alpha value is -4.58. The van der Waals surface area contributed by atoms with Gasteiger partial charge in [-0.1, -0.05) is 125 Å². The minimum Gasteiger partial charge on any atom is -0.411 e. The molecule has 6 rings (SSSR count). The number of H-pyrrole nitrogens is 1. The van der Waals surface area contributed by atoms with Crippen molar-refractivity contribution in [3.63, 3.8) is 0 Å². The van der Waals surface area contributed by atoms with E-state index < -0.39 is 46.3 Å². The van der Waals surface area contributed by atoms with Crippen LogP contribution in [0.25, 0.3) is 11.2 Å². The lowest BCUT2D eigenvalue weighted by atomic mass is 9.79. The molecule has 0 saturated heterocycles. The number of fused-ring (bicyclic) bond motifs is 1. The van der Waals surface area contributed by atoms with Crippen molar-refractivity contribution in [2.24, 2.45) is 11.8 Å². The molecule has 1 amide bonds. The van der Waals surface area contributed by atoms with Gasteiger partial charge in [-0.3, -0.25) is 19.9 Å². The molecule has 3 aromatic carbocycles. The number of nitrogens with zero attached hydrogens (tertiary/aromatic N) is 5. The molecular weight excluding hydrogens is 866 g/mol. The fourth-order valence-electron chi connectivity index (χ4n) is 8.43. The van der Waals surface area contributed by atoms with Crippen LogP contribution in [-0.2, 0) is 28.6 Å². The summed E-state index contributed by atoms with van der Waals surface area (Å²) in [5.74, 6) is -0.855. The van der Waals surface area contributed by atoms with Crippen LogP contribution in [0.1, 0.15) is 109 Å². The van der Waals surface area contributed by atoms with Crippen LogP contribution in [0.5, 0.6) is 0 Å². The third-order valence-electron chi connectivity index (χ3n) is 13.0. The van der Waals surface area contributed by atoms with Crippen molar-refractivity contribution >= 4 is 39.9 Å². The highest BCUT2D eigenvalue weighted by Crippen LogP contribution is 2.54. The fraction of sp³-hybridized carbons (Fsp3) is 0.510. The first kappa shape index (κ1) is 50.8. The average molecular weight is 936 g/mol. The van der Waals surface area contributed by atoms with Crippen molar-refractivity contribution < 1.29 is 23.0 Å². The smallest absolute Gasteiger partial charge is 0.280 e. The van der Waals surface area contributed by atoms with Crippen LogP contribution in [0, 0.1) is 37.0 Å². The summed E-state index contributed by atoms with van der Waals surface area (Å²) in [6.07, 6.45) is 1.13. The molecule has 66 heavy (non-hydrogen) atoms. The van der Waals surface area contributed by atoms with Gasteiger partial charge < -0.3 is 22.8 Å². The van der Waals surface area contributed by atoms with Crippen LogP contribution in [-0.4, -0.2) is 75.9 Å². The molecule has 1 fully saturated rings. The van der Waals surface area contributed by atoms with Crippen molar-refractivity contribution in [3.05, 3.63) is 123 Å². The minimum atomic E-state index is -2.57. The van der Waals surface area contributed by atoms with Gasteiger partial charge in [-0.2, -0.15) is 10.2 Å². The highest BCUT2D eigenvalue weighted by molar-refractivity contribution is 7.44. The number of imidazole rings is 1. The van der Waals surface area contributed by atoms with Gasteiger partial charge in [-0.25, -0.2) is 9.65 Å². The number of aryl methyl sites for hydroxylation is 2. The Morgan fingerprint density at radius 1 is 0.924 bits per heavy atom. The van der Waals surface area contributed by atoms with Crippen LogP contribution in [0.4, 0.5) is 5.95 Å². The molecule has 0 radical (unpaired) electrons. The van der Waals surface area contributed by atoms with Gasteiger partial charge in [0.25, 0.3) is 14.1 Å². The van der Waals surface area contributed by atoms with Gasteiger partial charge >= 0.3 is 0 Å². The van der Waals surface area contributed by atoms with Crippen LogP contribution >= 0.6 is 8.53 Å². The van der Waals surface area contributed by atoms with Crippen molar-refractivity contribution in [1.82, 2.24) is 24.2 Å². The third kappa shape index (κ3) is 11.1. The summed E-state index contributed by atoms with van der Waals surface area (Å²) in [7, 11) is -4.34. The minimum absolute atomic E-state index is 0.0360. The van der Waals surface area contributed by atoms with Gasteiger partial charge in [0.05, 0.1) is 44.2 Å². The number of anilines is 1. The molecule has 1 aliphatic carbocycles. The summed E-state index contributed by atoms with van der Waals surface area (Å²) in [6, 6.07) is 29.3. The van der Waals surface area contributed by atoms with E-state index in [1.807, 2.05) is 10.6 Å². The summed E-state index contributed by atoms with van der Waals surface area (Å²) in [6.45, 7) is 27.8. The van der Waals surface area contributed by atoms with Gasteiger partial charge in [0.2, 0.25) is 11.9 Å². The maximum Gasteiger partial charge on any atom is 0.280 e. The Labute approximate surface area is 393 Å². The van der Waals surface area contributed by atoms with E-state index in [1.54, 1.807) is 20.2 Å². The number of benzene rings is 3. The van der Waals surface area contributed by atoms with Gasteiger partial charge in [-0.05, 0) is 82.8 Å². The predicted octanol–water partition coefficient (Wildman–Crippen LogP) is 11.0.